The van der Waals surface area contributed by atoms with Crippen LogP contribution < -0.4 is 0 Å². The highest BCUT2D eigenvalue weighted by Crippen LogP contribution is 2.61. The number of ether oxygens (including phenoxy) is 4. The van der Waals surface area contributed by atoms with Gasteiger partial charge in [-0.25, -0.2) is 14.4 Å². The summed E-state index contributed by atoms with van der Waals surface area (Å²) in [5.41, 5.74) is 0.845. The second kappa shape index (κ2) is 9.66. The van der Waals surface area contributed by atoms with Crippen molar-refractivity contribution >= 4 is 29.7 Å². The minimum absolute atomic E-state index is 0.0234. The van der Waals surface area contributed by atoms with Crippen molar-refractivity contribution in [3.63, 3.8) is 0 Å². The largest absolute Gasteiger partial charge is 0.459 e. The van der Waals surface area contributed by atoms with E-state index in [4.69, 9.17) is 18.9 Å². The maximum atomic E-state index is 12.9. The zero-order valence-corrected chi connectivity index (χ0v) is 21.2. The van der Waals surface area contributed by atoms with Crippen LogP contribution in [0.3, 0.4) is 0 Å². The molecule has 0 aromatic carbocycles. The molecule has 3 rings (SSSR count). The minimum Gasteiger partial charge on any atom is -0.459 e. The standard InChI is InChI=1S/C25H34O7S/c1-8-14(2)22(27)31-21-20-15(3)23(28)32-25(20,29-6)13-17-9-10-18(16(4)24(17,21)5)30-19(26)11-12-33-7/h8,11-12,16-18,21H,9-10,13H2,1-7H3/b12-11-,14-8-/t16-,17+,18-,21+,24+,25-/m0/s1. The highest BCUT2D eigenvalue weighted by Gasteiger charge is 2.66. The van der Waals surface area contributed by atoms with E-state index in [1.807, 2.05) is 13.2 Å². The Kier molecular flexibility index (Phi) is 7.49. The molecule has 0 aromatic heterocycles. The Morgan fingerprint density at radius 3 is 2.55 bits per heavy atom. The van der Waals surface area contributed by atoms with Gasteiger partial charge in [-0.1, -0.05) is 19.9 Å². The van der Waals surface area contributed by atoms with Crippen molar-refractivity contribution in [2.45, 2.75) is 71.9 Å². The molecule has 2 aliphatic carbocycles. The number of methoxy groups -OCH3 is 1. The molecule has 0 amide bonds. The maximum absolute atomic E-state index is 12.9. The van der Waals surface area contributed by atoms with E-state index in [0.717, 1.165) is 6.42 Å². The predicted molar refractivity (Wildman–Crippen MR) is 125 cm³/mol. The first-order valence-corrected chi connectivity index (χ1v) is 12.6. The molecule has 0 unspecified atom stereocenters. The van der Waals surface area contributed by atoms with E-state index in [2.05, 4.69) is 6.92 Å². The number of esters is 3. The molecule has 0 bridgehead atoms. The van der Waals surface area contributed by atoms with Crippen molar-refractivity contribution in [1.82, 2.24) is 0 Å². The van der Waals surface area contributed by atoms with Crippen molar-refractivity contribution < 1.29 is 33.3 Å². The molecule has 2 saturated carbocycles. The van der Waals surface area contributed by atoms with E-state index in [1.165, 1.54) is 24.9 Å². The fourth-order valence-corrected chi connectivity index (χ4v) is 5.79. The first-order valence-electron chi connectivity index (χ1n) is 11.3. The molecule has 0 saturated heterocycles. The van der Waals surface area contributed by atoms with E-state index in [0.29, 0.717) is 29.6 Å². The first kappa shape index (κ1) is 25.6. The third-order valence-electron chi connectivity index (χ3n) is 7.86. The normalized spacial score (nSPS) is 36.3. The molecule has 8 heteroatoms. The molecular formula is C25H34O7S. The third kappa shape index (κ3) is 4.28. The van der Waals surface area contributed by atoms with E-state index in [9.17, 15) is 14.4 Å². The van der Waals surface area contributed by atoms with Crippen LogP contribution in [0.2, 0.25) is 0 Å². The van der Waals surface area contributed by atoms with E-state index < -0.39 is 35.2 Å². The van der Waals surface area contributed by atoms with Crippen LogP contribution in [0.5, 0.6) is 0 Å². The summed E-state index contributed by atoms with van der Waals surface area (Å²) in [5.74, 6) is -2.67. The van der Waals surface area contributed by atoms with Gasteiger partial charge in [0.1, 0.15) is 12.2 Å². The van der Waals surface area contributed by atoms with Crippen LogP contribution in [-0.2, 0) is 33.3 Å². The topological polar surface area (TPSA) is 88.1 Å². The van der Waals surface area contributed by atoms with Gasteiger partial charge >= 0.3 is 17.9 Å². The van der Waals surface area contributed by atoms with Gasteiger partial charge in [0.2, 0.25) is 5.79 Å². The quantitative estimate of drug-likeness (QED) is 0.317. The van der Waals surface area contributed by atoms with Gasteiger partial charge in [0, 0.05) is 42.1 Å². The van der Waals surface area contributed by atoms with Crippen LogP contribution >= 0.6 is 11.8 Å². The second-order valence-electron chi connectivity index (χ2n) is 9.29. The fraction of sp³-hybridized carbons (Fsp3) is 0.640. The van der Waals surface area contributed by atoms with Gasteiger partial charge < -0.3 is 18.9 Å². The Balaban J connectivity index is 2.06. The number of rotatable bonds is 6. The monoisotopic (exact) mass is 478 g/mol. The Labute approximate surface area is 199 Å². The van der Waals surface area contributed by atoms with Gasteiger partial charge in [-0.15, -0.1) is 11.8 Å². The van der Waals surface area contributed by atoms with E-state index in [1.54, 1.807) is 32.3 Å². The lowest BCUT2D eigenvalue weighted by Gasteiger charge is -2.58. The van der Waals surface area contributed by atoms with Gasteiger partial charge in [-0.05, 0) is 51.2 Å². The van der Waals surface area contributed by atoms with Crippen molar-refractivity contribution in [2.75, 3.05) is 13.4 Å². The molecule has 33 heavy (non-hydrogen) atoms. The van der Waals surface area contributed by atoms with Gasteiger partial charge in [0.25, 0.3) is 0 Å². The number of hydrogen-bond donors (Lipinski definition) is 0. The SMILES string of the molecule is C/C=C(/C)C(=O)O[C@@H]1C2=C(C)C(=O)O[C@@]2(OC)C[C@H]2CC[C@H](OC(=O)/C=C\SC)[C@H](C)[C@]21C. The van der Waals surface area contributed by atoms with E-state index >= 15 is 0 Å². The second-order valence-corrected chi connectivity index (χ2v) is 10.0. The van der Waals surface area contributed by atoms with Crippen molar-refractivity contribution in [1.29, 1.82) is 0 Å². The zero-order chi connectivity index (χ0) is 24.6. The van der Waals surface area contributed by atoms with E-state index in [-0.39, 0.29) is 17.9 Å². The maximum Gasteiger partial charge on any atom is 0.336 e. The van der Waals surface area contributed by atoms with Crippen LogP contribution in [-0.4, -0.2) is 49.3 Å². The molecular weight excluding hydrogens is 444 g/mol. The van der Waals surface area contributed by atoms with Gasteiger partial charge in [0.05, 0.1) is 5.57 Å². The molecule has 182 valence electrons. The molecule has 0 aromatic rings. The Hall–Kier alpha value is -2.06. The van der Waals surface area contributed by atoms with Gasteiger partial charge in [-0.2, -0.15) is 0 Å². The average Bonchev–Trinajstić information content (AvgIpc) is 3.05. The summed E-state index contributed by atoms with van der Waals surface area (Å²) in [4.78, 5) is 37.9. The molecule has 0 spiro atoms. The van der Waals surface area contributed by atoms with Crippen LogP contribution in [0.4, 0.5) is 0 Å². The van der Waals surface area contributed by atoms with Crippen molar-refractivity contribution in [3.8, 4) is 0 Å². The van der Waals surface area contributed by atoms with Gasteiger partial charge in [-0.3, -0.25) is 0 Å². The van der Waals surface area contributed by atoms with Crippen molar-refractivity contribution in [2.24, 2.45) is 17.3 Å². The van der Waals surface area contributed by atoms with Gasteiger partial charge in [0.15, 0.2) is 0 Å². The summed E-state index contributed by atoms with van der Waals surface area (Å²) in [5, 5.41) is 1.69. The number of fused-ring (bicyclic) bond motifs is 2. The first-order chi connectivity index (χ1) is 15.5. The number of carbonyl (C=O) groups is 3. The molecule has 0 N–H and O–H groups in total. The lowest BCUT2D eigenvalue weighted by Crippen LogP contribution is -2.62. The predicted octanol–water partition coefficient (Wildman–Crippen LogP) is 4.33. The van der Waals surface area contributed by atoms with Crippen LogP contribution in [0, 0.1) is 17.3 Å². The summed E-state index contributed by atoms with van der Waals surface area (Å²) in [7, 11) is 1.51. The molecule has 7 nitrogen and oxygen atoms in total. The Morgan fingerprint density at radius 2 is 1.94 bits per heavy atom. The van der Waals surface area contributed by atoms with Crippen LogP contribution in [0.25, 0.3) is 0 Å². The fourth-order valence-electron chi connectivity index (χ4n) is 5.55. The Morgan fingerprint density at radius 1 is 1.24 bits per heavy atom. The molecule has 1 heterocycles. The third-order valence-corrected chi connectivity index (χ3v) is 8.26. The van der Waals surface area contributed by atoms with Crippen LogP contribution in [0.1, 0.15) is 53.9 Å². The molecule has 3 aliphatic rings. The van der Waals surface area contributed by atoms with Crippen molar-refractivity contribution in [3.05, 3.63) is 34.3 Å². The summed E-state index contributed by atoms with van der Waals surface area (Å²) >= 11 is 1.43. The molecule has 2 fully saturated rings. The molecule has 6 atom stereocenters. The minimum atomic E-state index is -1.25. The lowest BCUT2D eigenvalue weighted by atomic mass is 9.51. The summed E-state index contributed by atoms with van der Waals surface area (Å²) in [6.07, 6.45) is 5.73. The number of hydrogen-bond acceptors (Lipinski definition) is 8. The molecule has 1 aliphatic heterocycles. The zero-order valence-electron chi connectivity index (χ0n) is 20.4. The smallest absolute Gasteiger partial charge is 0.336 e. The molecule has 0 radical (unpaired) electrons. The van der Waals surface area contributed by atoms with Crippen LogP contribution in [0.15, 0.2) is 34.3 Å². The highest BCUT2D eigenvalue weighted by atomic mass is 32.2. The number of carbonyl (C=O) groups excluding carboxylic acids is 3. The number of thioether (sulfide) groups is 1. The number of allylic oxidation sites excluding steroid dienone is 1. The lowest BCUT2D eigenvalue weighted by molar-refractivity contribution is -0.244. The Bertz CT molecular complexity index is 920. The highest BCUT2D eigenvalue weighted by molar-refractivity contribution is 8.01. The average molecular weight is 479 g/mol. The summed E-state index contributed by atoms with van der Waals surface area (Å²) in [6.45, 7) is 9.24. The summed E-state index contributed by atoms with van der Waals surface area (Å²) in [6, 6.07) is 0. The summed E-state index contributed by atoms with van der Waals surface area (Å²) < 4.78 is 23.5.